The van der Waals surface area contributed by atoms with Crippen molar-refractivity contribution < 1.29 is 28.8 Å². The molecule has 0 saturated heterocycles. The average Bonchev–Trinajstić information content (AvgIpc) is 3.95. The molecule has 2 saturated carbocycles. The summed E-state index contributed by atoms with van der Waals surface area (Å²) in [7, 11) is 0. The highest BCUT2D eigenvalue weighted by Gasteiger charge is 2.44. The molecule has 274 valence electrons. The SMILES string of the molecule is CCC[C@H](NC(=O)[C@@H]1Cc2ccccc2CN1C(=O)[C@@H](NC(=O)[C@@H](NC(=O)c1cnccn1)C1CCCCC1)C(C)(C)C)C(=O)C(=O)NC1CC1. The van der Waals surface area contributed by atoms with Gasteiger partial charge in [-0.05, 0) is 54.6 Å². The van der Waals surface area contributed by atoms with Crippen molar-refractivity contribution in [2.24, 2.45) is 11.3 Å². The summed E-state index contributed by atoms with van der Waals surface area (Å²) < 4.78 is 0. The first-order valence-corrected chi connectivity index (χ1v) is 18.3. The van der Waals surface area contributed by atoms with Crippen LogP contribution in [0.2, 0.25) is 0 Å². The number of benzene rings is 1. The highest BCUT2D eigenvalue weighted by Crippen LogP contribution is 2.30. The number of nitrogens with zero attached hydrogens (tertiary/aromatic N) is 3. The Morgan fingerprint density at radius 2 is 1.61 bits per heavy atom. The molecule has 5 rings (SSSR count). The molecule has 13 nitrogen and oxygen atoms in total. The minimum Gasteiger partial charge on any atom is -0.347 e. The third kappa shape index (κ3) is 9.56. The van der Waals surface area contributed by atoms with Crippen LogP contribution < -0.4 is 21.3 Å². The van der Waals surface area contributed by atoms with Crippen molar-refractivity contribution in [2.45, 2.75) is 129 Å². The first kappa shape index (κ1) is 37.6. The van der Waals surface area contributed by atoms with E-state index < -0.39 is 64.9 Å². The molecular formula is C38H51N7O6. The lowest BCUT2D eigenvalue weighted by molar-refractivity contribution is -0.148. The fraction of sp³-hybridized carbons (Fsp3) is 0.579. The number of hydrogen-bond donors (Lipinski definition) is 4. The summed E-state index contributed by atoms with van der Waals surface area (Å²) >= 11 is 0. The third-order valence-electron chi connectivity index (χ3n) is 10.1. The van der Waals surface area contributed by atoms with E-state index in [2.05, 4.69) is 31.2 Å². The van der Waals surface area contributed by atoms with Crippen LogP contribution in [0.4, 0.5) is 0 Å². The predicted octanol–water partition coefficient (Wildman–Crippen LogP) is 2.77. The fourth-order valence-electron chi connectivity index (χ4n) is 7.00. The topological polar surface area (TPSA) is 180 Å². The number of fused-ring (bicyclic) bond motifs is 1. The maximum atomic E-state index is 14.7. The molecule has 0 bridgehead atoms. The molecule has 2 heterocycles. The van der Waals surface area contributed by atoms with Crippen LogP contribution in [-0.2, 0) is 36.9 Å². The van der Waals surface area contributed by atoms with Crippen molar-refractivity contribution in [1.29, 1.82) is 0 Å². The number of aromatic nitrogens is 2. The number of carbonyl (C=O) groups excluding carboxylic acids is 6. The zero-order valence-corrected chi connectivity index (χ0v) is 30.1. The first-order chi connectivity index (χ1) is 24.4. The second kappa shape index (κ2) is 16.6. The van der Waals surface area contributed by atoms with Gasteiger partial charge in [0.1, 0.15) is 23.8 Å². The molecule has 13 heteroatoms. The molecule has 4 atom stereocenters. The second-order valence-electron chi connectivity index (χ2n) is 15.2. The summed E-state index contributed by atoms with van der Waals surface area (Å²) in [4.78, 5) is 91.6. The smallest absolute Gasteiger partial charge is 0.289 e. The van der Waals surface area contributed by atoms with Gasteiger partial charge in [0.05, 0.1) is 12.2 Å². The van der Waals surface area contributed by atoms with Crippen molar-refractivity contribution in [1.82, 2.24) is 36.1 Å². The van der Waals surface area contributed by atoms with E-state index >= 15 is 0 Å². The number of amides is 5. The number of carbonyl (C=O) groups is 6. The van der Waals surface area contributed by atoms with E-state index in [1.165, 1.54) is 23.5 Å². The largest absolute Gasteiger partial charge is 0.347 e. The molecule has 1 aromatic heterocycles. The van der Waals surface area contributed by atoms with Crippen LogP contribution >= 0.6 is 0 Å². The molecule has 0 radical (unpaired) electrons. The van der Waals surface area contributed by atoms with Crippen LogP contribution in [0.25, 0.3) is 0 Å². The Bertz CT molecular complexity index is 1600. The summed E-state index contributed by atoms with van der Waals surface area (Å²) in [5.41, 5.74) is 1.06. The summed E-state index contributed by atoms with van der Waals surface area (Å²) in [6.07, 6.45) is 11.2. The Labute approximate surface area is 299 Å². The Kier molecular flexibility index (Phi) is 12.2. The highest BCUT2D eigenvalue weighted by molar-refractivity contribution is 6.38. The number of ketones is 1. The van der Waals surface area contributed by atoms with Gasteiger partial charge in [0, 0.05) is 31.4 Å². The summed E-state index contributed by atoms with van der Waals surface area (Å²) in [6.45, 7) is 7.49. The monoisotopic (exact) mass is 701 g/mol. The van der Waals surface area contributed by atoms with Crippen LogP contribution in [0.3, 0.4) is 0 Å². The van der Waals surface area contributed by atoms with Gasteiger partial charge in [0.15, 0.2) is 0 Å². The minimum absolute atomic E-state index is 0.00928. The average molecular weight is 702 g/mol. The molecule has 1 aliphatic heterocycles. The third-order valence-corrected chi connectivity index (χ3v) is 10.1. The van der Waals surface area contributed by atoms with E-state index in [9.17, 15) is 28.8 Å². The van der Waals surface area contributed by atoms with Crippen LogP contribution in [0, 0.1) is 11.3 Å². The van der Waals surface area contributed by atoms with Crippen molar-refractivity contribution in [3.63, 3.8) is 0 Å². The number of nitrogens with one attached hydrogen (secondary N) is 4. The van der Waals surface area contributed by atoms with Crippen LogP contribution in [0.1, 0.15) is 107 Å². The standard InChI is InChI=1S/C38H51N7O6/c1-5-11-27(31(46)36(50)41-26-16-17-26)42-34(48)29-20-24-14-9-10-15-25(24)22-45(29)37(51)32(38(2,3)4)44-35(49)30(23-12-7-6-8-13-23)43-33(47)28-21-39-18-19-40-28/h9-10,14-15,18-19,21,23,26-27,29-30,32H,5-8,11-13,16-17,20,22H2,1-4H3,(H,41,50)(H,42,48)(H,43,47)(H,44,49)/t27-,29-,30-,32+/m0/s1. The van der Waals surface area contributed by atoms with Gasteiger partial charge in [0.25, 0.3) is 11.8 Å². The zero-order valence-electron chi connectivity index (χ0n) is 30.1. The van der Waals surface area contributed by atoms with Gasteiger partial charge in [-0.1, -0.05) is 77.6 Å². The molecule has 2 aromatic rings. The van der Waals surface area contributed by atoms with Crippen LogP contribution in [-0.4, -0.2) is 80.4 Å². The Morgan fingerprint density at radius 3 is 2.24 bits per heavy atom. The molecule has 4 N–H and O–H groups in total. The van der Waals surface area contributed by atoms with Gasteiger partial charge in [-0.2, -0.15) is 0 Å². The lowest BCUT2D eigenvalue weighted by Gasteiger charge is -2.42. The molecule has 2 aliphatic carbocycles. The summed E-state index contributed by atoms with van der Waals surface area (Å²) in [5.74, 6) is -3.58. The van der Waals surface area contributed by atoms with Gasteiger partial charge in [-0.25, -0.2) is 4.98 Å². The van der Waals surface area contributed by atoms with E-state index in [1.54, 1.807) is 0 Å². The number of rotatable bonds is 13. The molecule has 1 aromatic carbocycles. The quantitative estimate of drug-likeness (QED) is 0.230. The molecule has 0 spiro atoms. The van der Waals surface area contributed by atoms with E-state index in [1.807, 2.05) is 52.0 Å². The maximum Gasteiger partial charge on any atom is 0.289 e. The van der Waals surface area contributed by atoms with Crippen molar-refractivity contribution in [3.05, 3.63) is 59.7 Å². The number of hydrogen-bond acceptors (Lipinski definition) is 8. The fourth-order valence-corrected chi connectivity index (χ4v) is 7.00. The van der Waals surface area contributed by atoms with Gasteiger partial charge < -0.3 is 26.2 Å². The van der Waals surface area contributed by atoms with E-state index in [4.69, 9.17) is 0 Å². The van der Waals surface area contributed by atoms with E-state index in [0.717, 1.165) is 56.1 Å². The van der Waals surface area contributed by atoms with Crippen molar-refractivity contribution in [3.8, 4) is 0 Å². The lowest BCUT2D eigenvalue weighted by atomic mass is 9.81. The minimum atomic E-state index is -1.07. The molecule has 3 aliphatic rings. The summed E-state index contributed by atoms with van der Waals surface area (Å²) in [6, 6.07) is 3.52. The van der Waals surface area contributed by atoms with E-state index in [0.29, 0.717) is 6.42 Å². The predicted molar refractivity (Wildman–Crippen MR) is 189 cm³/mol. The van der Waals surface area contributed by atoms with Crippen LogP contribution in [0.5, 0.6) is 0 Å². The van der Waals surface area contributed by atoms with Gasteiger partial charge in [-0.15, -0.1) is 0 Å². The molecule has 51 heavy (non-hydrogen) atoms. The second-order valence-corrected chi connectivity index (χ2v) is 15.2. The Morgan fingerprint density at radius 1 is 0.902 bits per heavy atom. The lowest BCUT2D eigenvalue weighted by Crippen LogP contribution is -2.63. The first-order valence-electron chi connectivity index (χ1n) is 18.3. The number of Topliss-reactive ketones (excluding diaryl/α,β-unsaturated/α-hetero) is 1. The zero-order chi connectivity index (χ0) is 36.7. The molecule has 0 unspecified atom stereocenters. The van der Waals surface area contributed by atoms with Crippen molar-refractivity contribution in [2.75, 3.05) is 0 Å². The van der Waals surface area contributed by atoms with Gasteiger partial charge >= 0.3 is 0 Å². The Balaban J connectivity index is 1.40. The van der Waals surface area contributed by atoms with E-state index in [-0.39, 0.29) is 37.0 Å². The molecule has 5 amide bonds. The normalized spacial score (nSPS) is 19.5. The molecular weight excluding hydrogens is 650 g/mol. The van der Waals surface area contributed by atoms with Crippen molar-refractivity contribution >= 4 is 35.3 Å². The van der Waals surface area contributed by atoms with Gasteiger partial charge in [0.2, 0.25) is 23.5 Å². The summed E-state index contributed by atoms with van der Waals surface area (Å²) in [5, 5.41) is 11.4. The highest BCUT2D eigenvalue weighted by atomic mass is 16.2. The van der Waals surface area contributed by atoms with Crippen LogP contribution in [0.15, 0.2) is 42.9 Å². The maximum absolute atomic E-state index is 14.7. The van der Waals surface area contributed by atoms with Gasteiger partial charge in [-0.3, -0.25) is 33.8 Å². The Hall–Kier alpha value is -4.68. The molecule has 2 fully saturated rings.